The van der Waals surface area contributed by atoms with E-state index < -0.39 is 17.8 Å². The molecule has 0 aromatic heterocycles. The summed E-state index contributed by atoms with van der Waals surface area (Å²) < 4.78 is 0. The Morgan fingerprint density at radius 1 is 1.10 bits per heavy atom. The maximum atomic E-state index is 12.2. The molecule has 0 saturated heterocycles. The molecule has 4 nitrogen and oxygen atoms in total. The third kappa shape index (κ3) is 4.06. The Morgan fingerprint density at radius 3 is 2.24 bits per heavy atom. The molecule has 0 radical (unpaired) electrons. The molecule has 1 amide bonds. The molecule has 1 aromatic carbocycles. The first-order chi connectivity index (χ1) is 10.1. The number of rotatable bonds is 5. The lowest BCUT2D eigenvalue weighted by Crippen LogP contribution is -2.44. The van der Waals surface area contributed by atoms with Crippen LogP contribution in [0, 0.1) is 11.8 Å². The minimum atomic E-state index is -1.10. The number of aryl methyl sites for hydroxylation is 1. The standard InChI is InChI=1S/C17H23NO3/c1-2-12-7-9-13(10-8-12)11-18-16(19)14-5-3-4-6-15(14)17(20)21/h7-10,14-15H,2-6,11H2,1H3,(H,18,19)(H,20,21)/p-1/t14-,15-/m0/s1. The van der Waals surface area contributed by atoms with Gasteiger partial charge in [-0.05, 0) is 30.4 Å². The largest absolute Gasteiger partial charge is 0.550 e. The maximum Gasteiger partial charge on any atom is 0.224 e. The second-order valence-electron chi connectivity index (χ2n) is 5.70. The van der Waals surface area contributed by atoms with Crippen molar-refractivity contribution in [3.63, 3.8) is 0 Å². The third-order valence-corrected chi connectivity index (χ3v) is 4.30. The number of hydrogen-bond acceptors (Lipinski definition) is 3. The van der Waals surface area contributed by atoms with E-state index in [0.717, 1.165) is 24.8 Å². The molecule has 114 valence electrons. The second kappa shape index (κ2) is 7.25. The van der Waals surface area contributed by atoms with Crippen molar-refractivity contribution in [2.24, 2.45) is 11.8 Å². The van der Waals surface area contributed by atoms with Crippen LogP contribution in [0.4, 0.5) is 0 Å². The minimum Gasteiger partial charge on any atom is -0.550 e. The number of benzene rings is 1. The molecule has 4 heteroatoms. The quantitative estimate of drug-likeness (QED) is 0.891. The first-order valence-electron chi connectivity index (χ1n) is 7.68. The van der Waals surface area contributed by atoms with Gasteiger partial charge in [-0.2, -0.15) is 0 Å². The molecule has 1 saturated carbocycles. The number of aliphatic carboxylic acids is 1. The van der Waals surface area contributed by atoms with Gasteiger partial charge >= 0.3 is 0 Å². The number of carbonyl (C=O) groups excluding carboxylic acids is 2. The van der Waals surface area contributed by atoms with Gasteiger partial charge in [0.05, 0.1) is 0 Å². The fourth-order valence-electron chi connectivity index (χ4n) is 2.94. The molecule has 21 heavy (non-hydrogen) atoms. The number of hydrogen-bond donors (Lipinski definition) is 1. The van der Waals surface area contributed by atoms with Gasteiger partial charge < -0.3 is 15.2 Å². The summed E-state index contributed by atoms with van der Waals surface area (Å²) in [6, 6.07) is 8.09. The van der Waals surface area contributed by atoms with E-state index in [1.165, 1.54) is 5.56 Å². The first-order valence-corrected chi connectivity index (χ1v) is 7.68. The Kier molecular flexibility index (Phi) is 5.37. The van der Waals surface area contributed by atoms with Gasteiger partial charge in [-0.25, -0.2) is 0 Å². The molecule has 0 aliphatic heterocycles. The summed E-state index contributed by atoms with van der Waals surface area (Å²) in [5, 5.41) is 14.0. The highest BCUT2D eigenvalue weighted by molar-refractivity contribution is 5.84. The molecule has 1 aliphatic rings. The Hall–Kier alpha value is -1.84. The molecule has 2 atom stereocenters. The topological polar surface area (TPSA) is 69.2 Å². The van der Waals surface area contributed by atoms with E-state index in [0.29, 0.717) is 19.4 Å². The van der Waals surface area contributed by atoms with Crippen LogP contribution in [0.2, 0.25) is 0 Å². The van der Waals surface area contributed by atoms with Crippen LogP contribution >= 0.6 is 0 Å². The van der Waals surface area contributed by atoms with Crippen LogP contribution in [0.25, 0.3) is 0 Å². The van der Waals surface area contributed by atoms with Crippen molar-refractivity contribution in [1.82, 2.24) is 5.32 Å². The van der Waals surface area contributed by atoms with Gasteiger partial charge in [-0.15, -0.1) is 0 Å². The molecule has 0 heterocycles. The van der Waals surface area contributed by atoms with Gasteiger partial charge in [-0.3, -0.25) is 4.79 Å². The van der Waals surface area contributed by atoms with E-state index in [-0.39, 0.29) is 5.91 Å². The highest BCUT2D eigenvalue weighted by Crippen LogP contribution is 2.29. The SMILES string of the molecule is CCc1ccc(CNC(=O)[C@H]2CCCC[C@@H]2C(=O)[O-])cc1. The van der Waals surface area contributed by atoms with E-state index in [1.807, 2.05) is 24.3 Å². The number of carboxylic acids is 1. The zero-order chi connectivity index (χ0) is 15.2. The van der Waals surface area contributed by atoms with E-state index in [9.17, 15) is 14.7 Å². The van der Waals surface area contributed by atoms with Crippen molar-refractivity contribution >= 4 is 11.9 Å². The summed E-state index contributed by atoms with van der Waals surface area (Å²) in [7, 11) is 0. The number of carbonyl (C=O) groups is 2. The van der Waals surface area contributed by atoms with Gasteiger partial charge in [0.2, 0.25) is 5.91 Å². The summed E-state index contributed by atoms with van der Waals surface area (Å²) in [6.07, 6.45) is 3.95. The van der Waals surface area contributed by atoms with Crippen molar-refractivity contribution in [3.05, 3.63) is 35.4 Å². The molecule has 0 bridgehead atoms. The molecule has 0 spiro atoms. The van der Waals surface area contributed by atoms with Crippen LogP contribution in [0.15, 0.2) is 24.3 Å². The summed E-state index contributed by atoms with van der Waals surface area (Å²) >= 11 is 0. The van der Waals surface area contributed by atoms with Crippen molar-refractivity contribution < 1.29 is 14.7 Å². The molecule has 1 aliphatic carbocycles. The highest BCUT2D eigenvalue weighted by Gasteiger charge is 2.31. The van der Waals surface area contributed by atoms with Crippen molar-refractivity contribution in [3.8, 4) is 0 Å². The lowest BCUT2D eigenvalue weighted by molar-refractivity contribution is -0.314. The van der Waals surface area contributed by atoms with E-state index >= 15 is 0 Å². The number of carboxylic acid groups (broad SMARTS) is 1. The number of amides is 1. The van der Waals surface area contributed by atoms with Gasteiger partial charge in [0.1, 0.15) is 0 Å². The molecular weight excluding hydrogens is 266 g/mol. The summed E-state index contributed by atoms with van der Waals surface area (Å²) in [5.41, 5.74) is 2.29. The van der Waals surface area contributed by atoms with Crippen LogP contribution in [-0.2, 0) is 22.6 Å². The predicted octanol–water partition coefficient (Wildman–Crippen LogP) is 1.42. The fraction of sp³-hybridized carbons (Fsp3) is 0.529. The van der Waals surface area contributed by atoms with E-state index in [1.54, 1.807) is 0 Å². The molecule has 1 aromatic rings. The molecule has 0 unspecified atom stereocenters. The normalized spacial score (nSPS) is 21.8. The van der Waals surface area contributed by atoms with Crippen molar-refractivity contribution in [1.29, 1.82) is 0 Å². The molecule has 1 fully saturated rings. The highest BCUT2D eigenvalue weighted by atomic mass is 16.4. The van der Waals surface area contributed by atoms with Gasteiger partial charge in [0.15, 0.2) is 0 Å². The lowest BCUT2D eigenvalue weighted by Gasteiger charge is -2.31. The fourth-order valence-corrected chi connectivity index (χ4v) is 2.94. The van der Waals surface area contributed by atoms with Crippen LogP contribution in [0.1, 0.15) is 43.7 Å². The van der Waals surface area contributed by atoms with Gasteiger partial charge in [0, 0.05) is 24.3 Å². The van der Waals surface area contributed by atoms with Crippen LogP contribution in [-0.4, -0.2) is 11.9 Å². The van der Waals surface area contributed by atoms with Gasteiger partial charge in [-0.1, -0.05) is 44.0 Å². The average molecular weight is 288 g/mol. The Balaban J connectivity index is 1.91. The molecular formula is C17H22NO3-. The zero-order valence-electron chi connectivity index (χ0n) is 12.4. The average Bonchev–Trinajstić information content (AvgIpc) is 2.53. The van der Waals surface area contributed by atoms with Crippen molar-refractivity contribution in [2.75, 3.05) is 0 Å². The summed E-state index contributed by atoms with van der Waals surface area (Å²) in [4.78, 5) is 23.3. The monoisotopic (exact) mass is 288 g/mol. The van der Waals surface area contributed by atoms with E-state index in [2.05, 4.69) is 12.2 Å². The Bertz CT molecular complexity index is 495. The zero-order valence-corrected chi connectivity index (χ0v) is 12.4. The second-order valence-corrected chi connectivity index (χ2v) is 5.70. The molecule has 1 N–H and O–H groups in total. The summed E-state index contributed by atoms with van der Waals surface area (Å²) in [5.74, 6) is -2.34. The van der Waals surface area contributed by atoms with Crippen molar-refractivity contribution in [2.45, 2.75) is 45.6 Å². The number of nitrogens with one attached hydrogen (secondary N) is 1. The lowest BCUT2D eigenvalue weighted by atomic mass is 9.78. The Labute approximate surface area is 125 Å². The Morgan fingerprint density at radius 2 is 1.67 bits per heavy atom. The third-order valence-electron chi connectivity index (χ3n) is 4.30. The smallest absolute Gasteiger partial charge is 0.224 e. The molecule has 2 rings (SSSR count). The van der Waals surface area contributed by atoms with Gasteiger partial charge in [0.25, 0.3) is 0 Å². The van der Waals surface area contributed by atoms with Crippen LogP contribution in [0.5, 0.6) is 0 Å². The minimum absolute atomic E-state index is 0.163. The van der Waals surface area contributed by atoms with Crippen LogP contribution < -0.4 is 10.4 Å². The summed E-state index contributed by atoms with van der Waals surface area (Å²) in [6.45, 7) is 2.54. The van der Waals surface area contributed by atoms with E-state index in [4.69, 9.17) is 0 Å². The first kappa shape index (κ1) is 15.5. The van der Waals surface area contributed by atoms with Crippen LogP contribution in [0.3, 0.4) is 0 Å². The predicted molar refractivity (Wildman–Crippen MR) is 78.1 cm³/mol. The maximum absolute atomic E-state index is 12.2.